The van der Waals surface area contributed by atoms with Gasteiger partial charge in [-0.2, -0.15) is 0 Å². The molecule has 2 heterocycles. The summed E-state index contributed by atoms with van der Waals surface area (Å²) in [5, 5.41) is 7.00. The third-order valence-corrected chi connectivity index (χ3v) is 3.60. The number of ether oxygens (including phenoxy) is 1. The number of hydrogen-bond donors (Lipinski definition) is 1. The van der Waals surface area contributed by atoms with E-state index in [1.807, 2.05) is 13.0 Å². The first-order valence-electron chi connectivity index (χ1n) is 6.94. The van der Waals surface area contributed by atoms with E-state index in [0.29, 0.717) is 0 Å². The monoisotopic (exact) mass is 359 g/mol. The van der Waals surface area contributed by atoms with Gasteiger partial charge in [-0.05, 0) is 61.9 Å². The molecule has 0 bridgehead atoms. The molecule has 1 unspecified atom stereocenters. The number of pyridine rings is 1. The SMILES string of the molecule is CN1CCCC1.CN=COC(C)c1ccncc1Br.CO. The zero-order valence-corrected chi connectivity index (χ0v) is 14.9. The largest absolute Gasteiger partial charge is 0.476 e. The molecule has 0 aromatic carbocycles. The Labute approximate surface area is 136 Å². The number of hydrogen-bond acceptors (Lipinski definition) is 5. The van der Waals surface area contributed by atoms with Gasteiger partial charge >= 0.3 is 0 Å². The Kier molecular flexibility index (Phi) is 12.1. The molecule has 120 valence electrons. The molecular formula is C15H26BrN3O2. The van der Waals surface area contributed by atoms with Crippen LogP contribution in [0.4, 0.5) is 0 Å². The summed E-state index contributed by atoms with van der Waals surface area (Å²) in [4.78, 5) is 10.1. The van der Waals surface area contributed by atoms with Gasteiger partial charge in [-0.3, -0.25) is 9.98 Å². The molecule has 1 aliphatic heterocycles. The van der Waals surface area contributed by atoms with E-state index in [0.717, 1.165) is 17.1 Å². The fourth-order valence-corrected chi connectivity index (χ4v) is 2.39. The molecular weight excluding hydrogens is 334 g/mol. The van der Waals surface area contributed by atoms with Crippen LogP contribution in [0.5, 0.6) is 0 Å². The number of aromatic nitrogens is 1. The van der Waals surface area contributed by atoms with Gasteiger partial charge in [-0.15, -0.1) is 0 Å². The van der Waals surface area contributed by atoms with Crippen LogP contribution in [0.25, 0.3) is 0 Å². The Bertz CT molecular complexity index is 396. The fourth-order valence-electron chi connectivity index (χ4n) is 1.82. The average Bonchev–Trinajstić information content (AvgIpc) is 2.99. The first-order valence-corrected chi connectivity index (χ1v) is 7.73. The summed E-state index contributed by atoms with van der Waals surface area (Å²) in [6.45, 7) is 4.60. The highest BCUT2D eigenvalue weighted by molar-refractivity contribution is 9.10. The minimum atomic E-state index is -0.0129. The third kappa shape index (κ3) is 8.80. The van der Waals surface area contributed by atoms with Crippen molar-refractivity contribution in [3.8, 4) is 0 Å². The van der Waals surface area contributed by atoms with E-state index >= 15 is 0 Å². The topological polar surface area (TPSA) is 58.0 Å². The molecule has 0 saturated carbocycles. The predicted molar refractivity (Wildman–Crippen MR) is 90.7 cm³/mol. The van der Waals surface area contributed by atoms with E-state index in [9.17, 15) is 0 Å². The molecule has 0 aliphatic carbocycles. The third-order valence-electron chi connectivity index (χ3n) is 2.94. The molecule has 1 atom stereocenters. The molecule has 1 aliphatic rings. The van der Waals surface area contributed by atoms with E-state index in [2.05, 4.69) is 37.9 Å². The van der Waals surface area contributed by atoms with E-state index < -0.39 is 0 Å². The Morgan fingerprint density at radius 2 is 2.05 bits per heavy atom. The van der Waals surface area contributed by atoms with Crippen LogP contribution in [0.2, 0.25) is 0 Å². The van der Waals surface area contributed by atoms with Gasteiger partial charge < -0.3 is 14.7 Å². The second kappa shape index (κ2) is 12.7. The van der Waals surface area contributed by atoms with Crippen molar-refractivity contribution < 1.29 is 9.84 Å². The summed E-state index contributed by atoms with van der Waals surface area (Å²) in [6.07, 6.45) is 7.74. The van der Waals surface area contributed by atoms with Gasteiger partial charge in [0, 0.05) is 36.6 Å². The summed E-state index contributed by atoms with van der Waals surface area (Å²) >= 11 is 3.40. The summed E-state index contributed by atoms with van der Waals surface area (Å²) in [7, 11) is 4.85. The van der Waals surface area contributed by atoms with Crippen molar-refractivity contribution in [1.82, 2.24) is 9.88 Å². The van der Waals surface area contributed by atoms with Crippen LogP contribution >= 0.6 is 15.9 Å². The molecule has 0 radical (unpaired) electrons. The second-order valence-electron chi connectivity index (χ2n) is 4.55. The van der Waals surface area contributed by atoms with Gasteiger partial charge in [0.25, 0.3) is 0 Å². The van der Waals surface area contributed by atoms with Crippen LogP contribution in [0.1, 0.15) is 31.4 Å². The van der Waals surface area contributed by atoms with E-state index in [4.69, 9.17) is 9.84 Å². The Balaban J connectivity index is 0.000000416. The minimum Gasteiger partial charge on any atom is -0.476 e. The Morgan fingerprint density at radius 3 is 2.48 bits per heavy atom. The normalized spacial score (nSPS) is 15.7. The maximum atomic E-state index is 7.00. The molecule has 0 spiro atoms. The van der Waals surface area contributed by atoms with Gasteiger partial charge in [0.15, 0.2) is 6.40 Å². The molecule has 6 heteroatoms. The lowest BCUT2D eigenvalue weighted by molar-refractivity contribution is 0.224. The first-order chi connectivity index (χ1) is 10.1. The molecule has 1 N–H and O–H groups in total. The lowest BCUT2D eigenvalue weighted by atomic mass is 10.2. The van der Waals surface area contributed by atoms with Gasteiger partial charge in [-0.25, -0.2) is 0 Å². The number of rotatable bonds is 3. The number of nitrogens with zero attached hydrogens (tertiary/aromatic N) is 3. The van der Waals surface area contributed by atoms with Crippen LogP contribution in [0.15, 0.2) is 27.9 Å². The summed E-state index contributed by atoms with van der Waals surface area (Å²) in [6, 6.07) is 1.91. The summed E-state index contributed by atoms with van der Waals surface area (Å²) < 4.78 is 6.26. The molecule has 1 aromatic rings. The van der Waals surface area contributed by atoms with Crippen molar-refractivity contribution in [2.24, 2.45) is 4.99 Å². The van der Waals surface area contributed by atoms with Crippen LogP contribution in [-0.2, 0) is 4.74 Å². The summed E-state index contributed by atoms with van der Waals surface area (Å²) in [5.74, 6) is 0. The van der Waals surface area contributed by atoms with Crippen LogP contribution < -0.4 is 0 Å². The fraction of sp³-hybridized carbons (Fsp3) is 0.600. The predicted octanol–water partition coefficient (Wildman–Crippen LogP) is 2.90. The maximum absolute atomic E-state index is 7.00. The van der Waals surface area contributed by atoms with Crippen molar-refractivity contribution in [3.63, 3.8) is 0 Å². The van der Waals surface area contributed by atoms with Gasteiger partial charge in [0.2, 0.25) is 0 Å². The van der Waals surface area contributed by atoms with Crippen LogP contribution in [0, 0.1) is 0 Å². The van der Waals surface area contributed by atoms with Crippen LogP contribution in [-0.4, -0.2) is 55.7 Å². The minimum absolute atomic E-state index is 0.0129. The van der Waals surface area contributed by atoms with Crippen molar-refractivity contribution >= 4 is 22.3 Å². The van der Waals surface area contributed by atoms with E-state index in [1.54, 1.807) is 19.4 Å². The maximum Gasteiger partial charge on any atom is 0.170 e. The van der Waals surface area contributed by atoms with E-state index in [1.165, 1.54) is 32.3 Å². The summed E-state index contributed by atoms with van der Waals surface area (Å²) in [5.41, 5.74) is 1.06. The van der Waals surface area contributed by atoms with E-state index in [-0.39, 0.29) is 6.10 Å². The van der Waals surface area contributed by atoms with Crippen molar-refractivity contribution in [2.45, 2.75) is 25.9 Å². The van der Waals surface area contributed by atoms with Gasteiger partial charge in [-0.1, -0.05) is 0 Å². The highest BCUT2D eigenvalue weighted by atomic mass is 79.9. The number of aliphatic imine (C=N–C) groups is 1. The number of halogens is 1. The zero-order chi connectivity index (χ0) is 16.1. The van der Waals surface area contributed by atoms with Crippen LogP contribution in [0.3, 0.4) is 0 Å². The molecule has 0 amide bonds. The van der Waals surface area contributed by atoms with Gasteiger partial charge in [0.1, 0.15) is 6.10 Å². The number of aliphatic hydroxyl groups excluding tert-OH is 1. The lowest BCUT2D eigenvalue weighted by Crippen LogP contribution is -2.10. The first kappa shape index (κ1) is 20.0. The molecule has 1 aromatic heterocycles. The molecule has 5 nitrogen and oxygen atoms in total. The number of aliphatic hydroxyl groups is 1. The molecule has 1 fully saturated rings. The quantitative estimate of drug-likeness (QED) is 0.665. The Morgan fingerprint density at radius 1 is 1.43 bits per heavy atom. The smallest absolute Gasteiger partial charge is 0.170 e. The standard InChI is InChI=1S/C9H11BrN2O.C5H11N.CH4O/c1-7(13-6-11-2)8-3-4-12-5-9(8)10;1-6-4-2-3-5-6;1-2/h3-7H,1-2H3;2-5H2,1H3;2H,1H3. The average molecular weight is 360 g/mol. The lowest BCUT2D eigenvalue weighted by Gasteiger charge is -2.11. The molecule has 1 saturated heterocycles. The van der Waals surface area contributed by atoms with Gasteiger partial charge in [0.05, 0.1) is 0 Å². The molecule has 21 heavy (non-hydrogen) atoms. The molecule has 2 rings (SSSR count). The van der Waals surface area contributed by atoms with Crippen molar-refractivity contribution in [3.05, 3.63) is 28.5 Å². The highest BCUT2D eigenvalue weighted by Crippen LogP contribution is 2.23. The van der Waals surface area contributed by atoms with Crippen molar-refractivity contribution in [1.29, 1.82) is 0 Å². The number of likely N-dealkylation sites (tertiary alicyclic amines) is 1. The zero-order valence-electron chi connectivity index (χ0n) is 13.3. The Hall–Kier alpha value is -0.980. The second-order valence-corrected chi connectivity index (χ2v) is 5.40. The highest BCUT2D eigenvalue weighted by Gasteiger charge is 2.08. The van der Waals surface area contributed by atoms with Crippen molar-refractivity contribution in [2.75, 3.05) is 34.3 Å².